The molecule has 2 aromatic carbocycles. The quantitative estimate of drug-likeness (QED) is 0.213. The molecule has 4 aromatic rings. The van der Waals surface area contributed by atoms with Crippen LogP contribution in [0.3, 0.4) is 0 Å². The van der Waals surface area contributed by atoms with Gasteiger partial charge in [0.1, 0.15) is 11.7 Å². The van der Waals surface area contributed by atoms with Crippen LogP contribution in [-0.2, 0) is 28.6 Å². The van der Waals surface area contributed by atoms with E-state index in [1.807, 2.05) is 12.1 Å². The molecule has 7 nitrogen and oxygen atoms in total. The molecule has 0 saturated heterocycles. The van der Waals surface area contributed by atoms with E-state index in [-0.39, 0.29) is 23.7 Å². The second-order valence-electron chi connectivity index (χ2n) is 11.9. The van der Waals surface area contributed by atoms with Crippen molar-refractivity contribution in [2.75, 3.05) is 6.61 Å². The Bertz CT molecular complexity index is 1580. The highest BCUT2D eigenvalue weighted by Gasteiger charge is 2.37. The Balaban J connectivity index is 1.42. The number of rotatable bonds is 8. The number of aromatic nitrogens is 4. The van der Waals surface area contributed by atoms with E-state index in [2.05, 4.69) is 56.1 Å². The molecule has 0 bridgehead atoms. The minimum absolute atomic E-state index is 0.115. The van der Waals surface area contributed by atoms with Crippen LogP contribution in [0.15, 0.2) is 42.9 Å². The number of alkyl halides is 1. The molecule has 0 spiro atoms. The largest absolute Gasteiger partial charge is 0.479 e. The molecule has 5 rings (SSSR count). The topological polar surface area (TPSA) is 82.2 Å². The first kappa shape index (κ1) is 28.8. The Kier molecular flexibility index (Phi) is 7.63. The molecule has 2 atom stereocenters. The fourth-order valence-corrected chi connectivity index (χ4v) is 6.43. The van der Waals surface area contributed by atoms with Crippen LogP contribution in [0.2, 0.25) is 28.2 Å². The molecule has 1 aliphatic rings. The van der Waals surface area contributed by atoms with Crippen LogP contribution in [0.1, 0.15) is 43.8 Å². The molecule has 0 saturated carbocycles. The predicted octanol–water partition coefficient (Wildman–Crippen LogP) is 7.34. The van der Waals surface area contributed by atoms with Crippen molar-refractivity contribution < 1.29 is 18.7 Å². The summed E-state index contributed by atoms with van der Waals surface area (Å²) in [6, 6.07) is 8.61. The fourth-order valence-electron chi connectivity index (χ4n) is 4.83. The summed E-state index contributed by atoms with van der Waals surface area (Å²) in [6.07, 6.45) is 2.90. The Morgan fingerprint density at radius 1 is 1.25 bits per heavy atom. The maximum Gasteiger partial charge on any atom is 0.334 e. The summed E-state index contributed by atoms with van der Waals surface area (Å²) >= 11 is 13.5. The van der Waals surface area contributed by atoms with Crippen molar-refractivity contribution in [1.82, 2.24) is 19.3 Å². The number of aliphatic carboxylic acids is 1. The average Bonchev–Trinajstić information content (AvgIpc) is 3.57. The van der Waals surface area contributed by atoms with E-state index in [4.69, 9.17) is 27.6 Å². The lowest BCUT2D eigenvalue weighted by Gasteiger charge is -2.36. The van der Waals surface area contributed by atoms with Gasteiger partial charge in [0.2, 0.25) is 0 Å². The molecule has 0 radical (unpaired) electrons. The lowest BCUT2D eigenvalue weighted by molar-refractivity contribution is -0.139. The van der Waals surface area contributed by atoms with Crippen LogP contribution in [-0.4, -0.2) is 51.5 Å². The molecule has 1 aliphatic heterocycles. The van der Waals surface area contributed by atoms with Gasteiger partial charge in [-0.05, 0) is 41.7 Å². The zero-order chi connectivity index (χ0) is 29.0. The van der Waals surface area contributed by atoms with Gasteiger partial charge in [-0.2, -0.15) is 5.10 Å². The van der Waals surface area contributed by atoms with Crippen LogP contribution in [0.4, 0.5) is 4.39 Å². The van der Waals surface area contributed by atoms with Crippen molar-refractivity contribution in [2.45, 2.75) is 70.5 Å². The number of nitrogens with zero attached hydrogens (tertiary/aromatic N) is 4. The highest BCUT2D eigenvalue weighted by molar-refractivity contribution is 6.74. The Morgan fingerprint density at radius 3 is 2.60 bits per heavy atom. The van der Waals surface area contributed by atoms with Crippen molar-refractivity contribution in [3.63, 3.8) is 0 Å². The zero-order valence-corrected chi connectivity index (χ0v) is 25.7. The van der Waals surface area contributed by atoms with Crippen LogP contribution >= 0.6 is 23.2 Å². The zero-order valence-electron chi connectivity index (χ0n) is 23.2. The lowest BCUT2D eigenvalue weighted by atomic mass is 10.0. The van der Waals surface area contributed by atoms with E-state index in [0.29, 0.717) is 38.8 Å². The molecule has 0 aliphatic carbocycles. The van der Waals surface area contributed by atoms with E-state index >= 15 is 0 Å². The number of fused-ring (bicyclic) bond motifs is 2. The van der Waals surface area contributed by atoms with Crippen LogP contribution in [0.5, 0.6) is 0 Å². The minimum atomic E-state index is -1.80. The van der Waals surface area contributed by atoms with E-state index in [9.17, 15) is 14.3 Å². The van der Waals surface area contributed by atoms with Gasteiger partial charge in [0.25, 0.3) is 0 Å². The van der Waals surface area contributed by atoms with E-state index < -0.39 is 26.5 Å². The fraction of sp³-hybridized carbons (Fsp3) is 0.414. The smallest absolute Gasteiger partial charge is 0.334 e. The highest BCUT2D eigenvalue weighted by atomic mass is 35.5. The van der Waals surface area contributed by atoms with E-state index in [0.717, 1.165) is 17.5 Å². The summed E-state index contributed by atoms with van der Waals surface area (Å²) in [4.78, 5) is 16.6. The first-order chi connectivity index (χ1) is 18.8. The van der Waals surface area contributed by atoms with Gasteiger partial charge in [0.05, 0.1) is 28.6 Å². The number of imidazole rings is 1. The van der Waals surface area contributed by atoms with Crippen molar-refractivity contribution in [2.24, 2.45) is 0 Å². The van der Waals surface area contributed by atoms with E-state index in [1.165, 1.54) is 11.0 Å². The molecule has 0 amide bonds. The van der Waals surface area contributed by atoms with Crippen LogP contribution in [0.25, 0.3) is 22.0 Å². The maximum atomic E-state index is 14.0. The molecular formula is C29H33Cl2FN4O3Si. The number of carbonyl (C=O) groups is 1. The Hall–Kier alpha value is -2.72. The summed E-state index contributed by atoms with van der Waals surface area (Å²) in [5.74, 6) is -1.16. The third-order valence-electron chi connectivity index (χ3n) is 8.18. The number of carboxylic acid groups (broad SMARTS) is 1. The lowest BCUT2D eigenvalue weighted by Crippen LogP contribution is -2.41. The van der Waals surface area contributed by atoms with Crippen molar-refractivity contribution in [1.29, 1.82) is 0 Å². The first-order valence-electron chi connectivity index (χ1n) is 13.3. The molecule has 1 N–H and O–H groups in total. The van der Waals surface area contributed by atoms with Gasteiger partial charge < -0.3 is 14.1 Å². The second kappa shape index (κ2) is 10.6. The molecule has 2 aromatic heterocycles. The highest BCUT2D eigenvalue weighted by Crippen LogP contribution is 2.40. The minimum Gasteiger partial charge on any atom is -0.479 e. The second-order valence-corrected chi connectivity index (χ2v) is 17.5. The summed E-state index contributed by atoms with van der Waals surface area (Å²) in [5.41, 5.74) is 3.94. The average molecular weight is 604 g/mol. The number of hydrogen-bond acceptors (Lipinski definition) is 4. The Morgan fingerprint density at radius 2 is 1.95 bits per heavy atom. The standard InChI is InChI=1S/C29H33Cl2FN4O3Si/c1-29(2,3)40(4,5)39-11-10-17-6-8-18(9-7-17)20-13-22(30)21-15-36(34-25(21)24(20)31)27(28(37)38)26-23-12-19(32)14-35(23)16-33-26/h6-9,13,15-16,19,27H,10-12,14H2,1-5H3,(H,37,38). The summed E-state index contributed by atoms with van der Waals surface area (Å²) in [6.45, 7) is 12.0. The van der Waals surface area contributed by atoms with Gasteiger partial charge in [-0.1, -0.05) is 68.2 Å². The first-order valence-corrected chi connectivity index (χ1v) is 16.9. The molecule has 11 heteroatoms. The normalized spacial score (nSPS) is 16.4. The van der Waals surface area contributed by atoms with Gasteiger partial charge >= 0.3 is 5.97 Å². The Labute approximate surface area is 244 Å². The number of hydrogen-bond donors (Lipinski definition) is 1. The van der Waals surface area contributed by atoms with Crippen molar-refractivity contribution in [3.05, 3.63) is 69.9 Å². The van der Waals surface area contributed by atoms with Gasteiger partial charge in [-0.25, -0.2) is 14.2 Å². The number of carboxylic acids is 1. The van der Waals surface area contributed by atoms with E-state index in [1.54, 1.807) is 16.8 Å². The molecule has 0 fully saturated rings. The predicted molar refractivity (Wildman–Crippen MR) is 159 cm³/mol. The molecule has 212 valence electrons. The number of benzene rings is 2. The monoisotopic (exact) mass is 602 g/mol. The SMILES string of the molecule is CC(C)(C)[Si](C)(C)OCCc1ccc(-c2cc(Cl)c3cn(C(C(=O)O)c4ncn5c4CC(F)C5)nc3c2Cl)cc1. The van der Waals surface area contributed by atoms with Crippen LogP contribution < -0.4 is 0 Å². The van der Waals surface area contributed by atoms with Crippen LogP contribution in [0, 0.1) is 0 Å². The van der Waals surface area contributed by atoms with Crippen molar-refractivity contribution in [3.8, 4) is 11.1 Å². The molecule has 2 unspecified atom stereocenters. The van der Waals surface area contributed by atoms with Gasteiger partial charge in [-0.3, -0.25) is 4.68 Å². The molecule has 3 heterocycles. The van der Waals surface area contributed by atoms with Crippen molar-refractivity contribution >= 4 is 48.4 Å². The summed E-state index contributed by atoms with van der Waals surface area (Å²) in [7, 11) is -1.80. The third kappa shape index (κ3) is 5.32. The molecular weight excluding hydrogens is 570 g/mol. The van der Waals surface area contributed by atoms with Gasteiger partial charge in [0.15, 0.2) is 14.4 Å². The number of halogens is 3. The van der Waals surface area contributed by atoms with Gasteiger partial charge in [0, 0.05) is 35.9 Å². The summed E-state index contributed by atoms with van der Waals surface area (Å²) < 4.78 is 23.3. The van der Waals surface area contributed by atoms with Gasteiger partial charge in [-0.15, -0.1) is 0 Å². The molecule has 40 heavy (non-hydrogen) atoms. The summed E-state index contributed by atoms with van der Waals surface area (Å²) in [5, 5.41) is 16.1. The maximum absolute atomic E-state index is 14.0. The third-order valence-corrected chi connectivity index (χ3v) is 13.4.